The number of rotatable bonds is 2. The minimum atomic E-state index is 0.163. The first-order valence-electron chi connectivity index (χ1n) is 4.69. The fraction of sp³-hybridized carbons (Fsp3) is 0.167. The first-order valence-corrected chi connectivity index (χ1v) is 4.69. The van der Waals surface area contributed by atoms with E-state index in [-0.39, 0.29) is 5.91 Å². The van der Waals surface area contributed by atoms with Crippen LogP contribution in [0.1, 0.15) is 12.0 Å². The molecule has 1 aliphatic rings. The van der Waals surface area contributed by atoms with Crippen molar-refractivity contribution in [3.8, 4) is 0 Å². The molecule has 0 fully saturated rings. The standard InChI is InChI=1S/C12H12NO/c14-12-8-4-5-9-13(12)10-11-6-2-1-3-7-11/h1-7,9H,8,10H2/q+1. The van der Waals surface area contributed by atoms with E-state index in [0.717, 1.165) is 5.56 Å². The number of hydrogen-bond donors (Lipinski definition) is 0. The van der Waals surface area contributed by atoms with Gasteiger partial charge in [0.15, 0.2) is 12.8 Å². The third-order valence-corrected chi connectivity index (χ3v) is 2.21. The highest BCUT2D eigenvalue weighted by Crippen LogP contribution is 2.03. The topological polar surface area (TPSA) is 20.1 Å². The Morgan fingerprint density at radius 1 is 1.21 bits per heavy atom. The third-order valence-electron chi connectivity index (χ3n) is 2.21. The summed E-state index contributed by atoms with van der Waals surface area (Å²) in [5, 5.41) is 0. The molecule has 0 aromatic heterocycles. The summed E-state index contributed by atoms with van der Waals surface area (Å²) in [6.45, 7) is 0.671. The lowest BCUT2D eigenvalue weighted by Crippen LogP contribution is -2.22. The molecule has 1 aromatic rings. The normalized spacial score (nSPS) is 15.4. The van der Waals surface area contributed by atoms with Gasteiger partial charge in [-0.1, -0.05) is 36.4 Å². The molecular formula is C12H12NO+. The molecule has 0 spiro atoms. The maximum atomic E-state index is 11.4. The van der Waals surface area contributed by atoms with Gasteiger partial charge in [-0.25, -0.2) is 4.79 Å². The second-order valence-corrected chi connectivity index (χ2v) is 3.29. The zero-order valence-corrected chi connectivity index (χ0v) is 7.89. The molecule has 1 heterocycles. The molecule has 0 atom stereocenters. The van der Waals surface area contributed by atoms with Crippen molar-refractivity contribution in [1.82, 2.24) is 0 Å². The van der Waals surface area contributed by atoms with Crippen molar-refractivity contribution in [3.05, 3.63) is 48.0 Å². The van der Waals surface area contributed by atoms with Crippen molar-refractivity contribution in [2.75, 3.05) is 0 Å². The number of carbonyl (C=O) groups excluding carboxylic acids is 1. The predicted octanol–water partition coefficient (Wildman–Crippen LogP) is 1.76. The minimum Gasteiger partial charge on any atom is -0.219 e. The highest BCUT2D eigenvalue weighted by atomic mass is 16.2. The maximum absolute atomic E-state index is 11.4. The second-order valence-electron chi connectivity index (χ2n) is 3.29. The van der Waals surface area contributed by atoms with Gasteiger partial charge in [-0.3, -0.25) is 0 Å². The summed E-state index contributed by atoms with van der Waals surface area (Å²) < 4.78 is 1.75. The summed E-state index contributed by atoms with van der Waals surface area (Å²) in [5.41, 5.74) is 1.16. The first kappa shape index (κ1) is 8.88. The lowest BCUT2D eigenvalue weighted by Gasteiger charge is -2.02. The number of carbonyl (C=O) groups is 1. The highest BCUT2D eigenvalue weighted by Gasteiger charge is 2.17. The molecule has 70 valence electrons. The first-order chi connectivity index (χ1) is 6.86. The SMILES string of the molecule is O=C1CC=CC=[N+]1Cc1ccccc1. The molecule has 2 heteroatoms. The van der Waals surface area contributed by atoms with Crippen molar-refractivity contribution in [1.29, 1.82) is 0 Å². The summed E-state index contributed by atoms with van der Waals surface area (Å²) in [4.78, 5) is 11.4. The van der Waals surface area contributed by atoms with E-state index in [1.165, 1.54) is 0 Å². The lowest BCUT2D eigenvalue weighted by molar-refractivity contribution is -0.460. The molecule has 0 radical (unpaired) electrons. The van der Waals surface area contributed by atoms with E-state index >= 15 is 0 Å². The Balaban J connectivity index is 2.15. The van der Waals surface area contributed by atoms with Gasteiger partial charge in [-0.15, -0.1) is 0 Å². The van der Waals surface area contributed by atoms with Gasteiger partial charge in [-0.2, -0.15) is 4.58 Å². The van der Waals surface area contributed by atoms with Crippen molar-refractivity contribution < 1.29 is 9.37 Å². The summed E-state index contributed by atoms with van der Waals surface area (Å²) in [5.74, 6) is 0.163. The van der Waals surface area contributed by atoms with Crippen LogP contribution in [0.15, 0.2) is 42.5 Å². The molecule has 14 heavy (non-hydrogen) atoms. The predicted molar refractivity (Wildman–Crippen MR) is 55.2 cm³/mol. The van der Waals surface area contributed by atoms with Crippen LogP contribution in [-0.4, -0.2) is 16.7 Å². The quantitative estimate of drug-likeness (QED) is 0.644. The van der Waals surface area contributed by atoms with Crippen LogP contribution in [0.3, 0.4) is 0 Å². The average molecular weight is 186 g/mol. The van der Waals surface area contributed by atoms with Crippen LogP contribution in [0.2, 0.25) is 0 Å². The van der Waals surface area contributed by atoms with Crippen LogP contribution in [0, 0.1) is 0 Å². The molecule has 1 aliphatic heterocycles. The fourth-order valence-corrected chi connectivity index (χ4v) is 1.45. The van der Waals surface area contributed by atoms with E-state index in [1.807, 2.05) is 48.7 Å². The van der Waals surface area contributed by atoms with Gasteiger partial charge in [0.05, 0.1) is 6.42 Å². The van der Waals surface area contributed by atoms with E-state index in [4.69, 9.17) is 0 Å². The van der Waals surface area contributed by atoms with E-state index in [1.54, 1.807) is 4.58 Å². The summed E-state index contributed by atoms with van der Waals surface area (Å²) in [6, 6.07) is 10.0. The largest absolute Gasteiger partial charge is 0.390 e. The average Bonchev–Trinajstić information content (AvgIpc) is 2.23. The summed E-state index contributed by atoms with van der Waals surface area (Å²) in [7, 11) is 0. The molecule has 0 saturated heterocycles. The van der Waals surface area contributed by atoms with Crippen molar-refractivity contribution in [2.45, 2.75) is 13.0 Å². The molecular weight excluding hydrogens is 174 g/mol. The van der Waals surface area contributed by atoms with Crippen LogP contribution in [0.5, 0.6) is 0 Å². The molecule has 0 N–H and O–H groups in total. The van der Waals surface area contributed by atoms with Gasteiger partial charge in [0.1, 0.15) is 0 Å². The molecule has 0 saturated carbocycles. The third kappa shape index (κ3) is 1.96. The maximum Gasteiger partial charge on any atom is 0.390 e. The molecule has 1 amide bonds. The molecule has 1 aromatic carbocycles. The van der Waals surface area contributed by atoms with Gasteiger partial charge in [0, 0.05) is 5.56 Å². The minimum absolute atomic E-state index is 0.163. The van der Waals surface area contributed by atoms with E-state index in [0.29, 0.717) is 13.0 Å². The van der Waals surface area contributed by atoms with Crippen LogP contribution >= 0.6 is 0 Å². The van der Waals surface area contributed by atoms with Crippen LogP contribution < -0.4 is 0 Å². The Morgan fingerprint density at radius 2 is 2.00 bits per heavy atom. The van der Waals surface area contributed by atoms with Gasteiger partial charge in [0.2, 0.25) is 0 Å². The monoisotopic (exact) mass is 186 g/mol. The molecule has 0 bridgehead atoms. The van der Waals surface area contributed by atoms with Crippen molar-refractivity contribution >= 4 is 12.1 Å². The smallest absolute Gasteiger partial charge is 0.219 e. The Kier molecular flexibility index (Phi) is 2.54. The van der Waals surface area contributed by atoms with E-state index in [2.05, 4.69) is 0 Å². The Hall–Kier alpha value is -1.70. The van der Waals surface area contributed by atoms with Crippen LogP contribution in [0.4, 0.5) is 0 Å². The van der Waals surface area contributed by atoms with Gasteiger partial charge < -0.3 is 0 Å². The Morgan fingerprint density at radius 3 is 2.71 bits per heavy atom. The summed E-state index contributed by atoms with van der Waals surface area (Å²) >= 11 is 0. The van der Waals surface area contributed by atoms with Crippen molar-refractivity contribution in [3.63, 3.8) is 0 Å². The number of amides is 1. The number of benzene rings is 1. The van der Waals surface area contributed by atoms with Gasteiger partial charge in [0.25, 0.3) is 0 Å². The Labute approximate surface area is 83.2 Å². The molecule has 0 aliphatic carbocycles. The van der Waals surface area contributed by atoms with Crippen molar-refractivity contribution in [2.24, 2.45) is 0 Å². The number of allylic oxidation sites excluding steroid dienone is 1. The van der Waals surface area contributed by atoms with E-state index < -0.39 is 0 Å². The van der Waals surface area contributed by atoms with Gasteiger partial charge in [-0.05, 0) is 6.08 Å². The fourth-order valence-electron chi connectivity index (χ4n) is 1.45. The lowest BCUT2D eigenvalue weighted by atomic mass is 10.2. The molecule has 2 rings (SSSR count). The highest BCUT2D eigenvalue weighted by molar-refractivity contribution is 5.81. The Bertz CT molecular complexity index is 390. The zero-order valence-electron chi connectivity index (χ0n) is 7.89. The molecule has 0 unspecified atom stereocenters. The summed E-state index contributed by atoms with van der Waals surface area (Å²) in [6.07, 6.45) is 6.15. The molecule has 2 nitrogen and oxygen atoms in total. The van der Waals surface area contributed by atoms with Crippen LogP contribution in [-0.2, 0) is 11.3 Å². The van der Waals surface area contributed by atoms with E-state index in [9.17, 15) is 4.79 Å². The number of hydrogen-bond acceptors (Lipinski definition) is 1. The second kappa shape index (κ2) is 4.01. The van der Waals surface area contributed by atoms with Gasteiger partial charge >= 0.3 is 5.91 Å². The zero-order chi connectivity index (χ0) is 9.80. The number of nitrogens with zero attached hydrogens (tertiary/aromatic N) is 1. The van der Waals surface area contributed by atoms with Crippen LogP contribution in [0.25, 0.3) is 0 Å².